The van der Waals surface area contributed by atoms with E-state index in [2.05, 4.69) is 14.7 Å². The Morgan fingerprint density at radius 1 is 1.42 bits per heavy atom. The number of hydrogen-bond donors (Lipinski definition) is 1. The summed E-state index contributed by atoms with van der Waals surface area (Å²) < 4.78 is 14.2. The Morgan fingerprint density at radius 2 is 2.05 bits per heavy atom. The van der Waals surface area contributed by atoms with E-state index < -0.39 is 6.29 Å². The molecule has 0 aromatic carbocycles. The first-order valence-corrected chi connectivity index (χ1v) is 6.66. The lowest BCUT2D eigenvalue weighted by atomic mass is 10.2. The number of likely N-dealkylation sites (N-methyl/N-ethyl adjacent to an activating group) is 1. The van der Waals surface area contributed by atoms with Gasteiger partial charge in [-0.1, -0.05) is 13.8 Å². The maximum absolute atomic E-state index is 11.9. The minimum absolute atomic E-state index is 0.242. The molecular weight excluding hydrogens is 268 g/mol. The zero-order valence-corrected chi connectivity index (χ0v) is 12.7. The molecule has 0 saturated carbocycles. The monoisotopic (exact) mass is 288 g/mol. The Labute approximate surface area is 117 Å². The van der Waals surface area contributed by atoms with Crippen molar-refractivity contribution in [2.75, 3.05) is 33.1 Å². The third-order valence-corrected chi connectivity index (χ3v) is 3.11. The molecule has 1 aromatic rings. The van der Waals surface area contributed by atoms with E-state index >= 15 is 0 Å². The predicted molar refractivity (Wildman–Crippen MR) is 73.5 cm³/mol. The smallest absolute Gasteiger partial charge is 0.323 e. The molecule has 0 spiro atoms. The largest absolute Gasteiger partial charge is 0.354 e. The fraction of sp³-hybridized carbons (Fsp3) is 0.727. The molecule has 2 amide bonds. The predicted octanol–water partition coefficient (Wildman–Crippen LogP) is 1.74. The molecule has 0 unspecified atom stereocenters. The molecular formula is C11H20N4O3S. The summed E-state index contributed by atoms with van der Waals surface area (Å²) in [4.78, 5) is 17.6. The van der Waals surface area contributed by atoms with Gasteiger partial charge in [-0.2, -0.15) is 4.37 Å². The Balaban J connectivity index is 2.53. The molecule has 0 atom stereocenters. The van der Waals surface area contributed by atoms with Crippen molar-refractivity contribution in [2.45, 2.75) is 26.1 Å². The van der Waals surface area contributed by atoms with Crippen LogP contribution in [0.4, 0.5) is 9.93 Å². The van der Waals surface area contributed by atoms with E-state index in [0.717, 1.165) is 5.82 Å². The number of carbonyl (C=O) groups excluding carboxylic acids is 1. The third kappa shape index (κ3) is 4.73. The summed E-state index contributed by atoms with van der Waals surface area (Å²) in [6.07, 6.45) is -0.448. The van der Waals surface area contributed by atoms with Gasteiger partial charge in [0.05, 0.1) is 6.54 Å². The van der Waals surface area contributed by atoms with E-state index in [4.69, 9.17) is 9.47 Å². The number of urea groups is 1. The fourth-order valence-corrected chi connectivity index (χ4v) is 1.96. The molecule has 1 rings (SSSR count). The minimum atomic E-state index is -0.448. The van der Waals surface area contributed by atoms with Crippen LogP contribution in [-0.2, 0) is 9.47 Å². The first kappa shape index (κ1) is 15.8. The normalized spacial score (nSPS) is 11.1. The van der Waals surface area contributed by atoms with Gasteiger partial charge in [0.1, 0.15) is 5.82 Å². The molecule has 7 nitrogen and oxygen atoms in total. The van der Waals surface area contributed by atoms with Gasteiger partial charge in [-0.05, 0) is 0 Å². The Kier molecular flexibility index (Phi) is 6.13. The number of rotatable bonds is 6. The highest BCUT2D eigenvalue weighted by Gasteiger charge is 2.16. The van der Waals surface area contributed by atoms with Crippen LogP contribution in [-0.4, -0.2) is 54.4 Å². The molecule has 8 heteroatoms. The number of carbonyl (C=O) groups is 1. The lowest BCUT2D eigenvalue weighted by Gasteiger charge is -2.21. The van der Waals surface area contributed by atoms with Crippen molar-refractivity contribution in [2.24, 2.45) is 0 Å². The summed E-state index contributed by atoms with van der Waals surface area (Å²) >= 11 is 1.17. The maximum Gasteiger partial charge on any atom is 0.323 e. The molecule has 0 aliphatic rings. The highest BCUT2D eigenvalue weighted by Crippen LogP contribution is 2.17. The van der Waals surface area contributed by atoms with Crippen molar-refractivity contribution >= 4 is 22.7 Å². The van der Waals surface area contributed by atoms with Gasteiger partial charge in [0, 0.05) is 38.7 Å². The van der Waals surface area contributed by atoms with Crippen molar-refractivity contribution in [3.05, 3.63) is 5.82 Å². The van der Waals surface area contributed by atoms with Crippen LogP contribution in [0, 0.1) is 0 Å². The molecule has 0 saturated heterocycles. The van der Waals surface area contributed by atoms with E-state index in [0.29, 0.717) is 11.7 Å². The van der Waals surface area contributed by atoms with Crippen molar-refractivity contribution in [1.82, 2.24) is 14.3 Å². The zero-order valence-electron chi connectivity index (χ0n) is 11.8. The van der Waals surface area contributed by atoms with Gasteiger partial charge < -0.3 is 14.4 Å². The minimum Gasteiger partial charge on any atom is -0.354 e. The van der Waals surface area contributed by atoms with E-state index in [1.54, 1.807) is 7.05 Å². The molecule has 0 fully saturated rings. The molecule has 1 N–H and O–H groups in total. The number of nitrogens with zero attached hydrogens (tertiary/aromatic N) is 3. The summed E-state index contributed by atoms with van der Waals surface area (Å²) in [7, 11) is 4.71. The van der Waals surface area contributed by atoms with Crippen LogP contribution < -0.4 is 5.32 Å². The highest BCUT2D eigenvalue weighted by atomic mass is 32.1. The van der Waals surface area contributed by atoms with Crippen LogP contribution in [0.1, 0.15) is 25.6 Å². The van der Waals surface area contributed by atoms with Crippen LogP contribution >= 0.6 is 11.5 Å². The Hall–Kier alpha value is -1.25. The molecule has 0 aliphatic heterocycles. The number of methoxy groups -OCH3 is 2. The van der Waals surface area contributed by atoms with Gasteiger partial charge in [0.2, 0.25) is 5.13 Å². The van der Waals surface area contributed by atoms with Gasteiger partial charge in [-0.25, -0.2) is 9.78 Å². The number of aromatic nitrogens is 2. The molecule has 1 aromatic heterocycles. The fourth-order valence-electron chi connectivity index (χ4n) is 1.26. The third-order valence-electron chi connectivity index (χ3n) is 2.47. The first-order valence-electron chi connectivity index (χ1n) is 5.89. The highest BCUT2D eigenvalue weighted by molar-refractivity contribution is 7.09. The molecule has 1 heterocycles. The standard InChI is InChI=1S/C11H20N4O3S/c1-7(2)9-12-10(19-14-9)13-11(16)15(3)6-8(17-4)18-5/h7-8H,6H2,1-5H3,(H,12,13,14,16). The lowest BCUT2D eigenvalue weighted by Crippen LogP contribution is -2.38. The van der Waals surface area contributed by atoms with E-state index in [9.17, 15) is 4.79 Å². The molecule has 0 bridgehead atoms. The number of ether oxygens (including phenoxy) is 2. The molecule has 0 aliphatic carbocycles. The van der Waals surface area contributed by atoms with E-state index in [1.807, 2.05) is 13.8 Å². The van der Waals surface area contributed by atoms with Gasteiger partial charge in [-0.3, -0.25) is 5.32 Å². The SMILES string of the molecule is COC(CN(C)C(=O)Nc1nc(C(C)C)ns1)OC. The second-order valence-electron chi connectivity index (χ2n) is 4.32. The van der Waals surface area contributed by atoms with Crippen LogP contribution in [0.3, 0.4) is 0 Å². The van der Waals surface area contributed by atoms with E-state index in [-0.39, 0.29) is 11.9 Å². The number of nitrogens with one attached hydrogen (secondary N) is 1. The zero-order chi connectivity index (χ0) is 14.4. The van der Waals surface area contributed by atoms with Crippen molar-refractivity contribution < 1.29 is 14.3 Å². The average molecular weight is 288 g/mol. The molecule has 19 heavy (non-hydrogen) atoms. The average Bonchev–Trinajstić information content (AvgIpc) is 2.84. The second-order valence-corrected chi connectivity index (χ2v) is 5.08. The summed E-state index contributed by atoms with van der Waals surface area (Å²) in [5.74, 6) is 0.973. The van der Waals surface area contributed by atoms with Crippen molar-refractivity contribution in [1.29, 1.82) is 0 Å². The van der Waals surface area contributed by atoms with E-state index in [1.165, 1.54) is 30.7 Å². The van der Waals surface area contributed by atoms with Crippen molar-refractivity contribution in [3.8, 4) is 0 Å². The van der Waals surface area contributed by atoms with Crippen LogP contribution in [0.25, 0.3) is 0 Å². The first-order chi connectivity index (χ1) is 8.97. The number of hydrogen-bond acceptors (Lipinski definition) is 6. The summed E-state index contributed by atoms with van der Waals surface area (Å²) in [5, 5.41) is 3.18. The quantitative estimate of drug-likeness (QED) is 0.807. The lowest BCUT2D eigenvalue weighted by molar-refractivity contribution is -0.108. The Morgan fingerprint density at radius 3 is 2.53 bits per heavy atom. The van der Waals surface area contributed by atoms with Crippen LogP contribution in [0.5, 0.6) is 0 Å². The topological polar surface area (TPSA) is 76.6 Å². The van der Waals surface area contributed by atoms with Gasteiger partial charge in [0.15, 0.2) is 6.29 Å². The van der Waals surface area contributed by atoms with Gasteiger partial charge >= 0.3 is 6.03 Å². The number of anilines is 1. The summed E-state index contributed by atoms with van der Waals surface area (Å²) in [5.41, 5.74) is 0. The summed E-state index contributed by atoms with van der Waals surface area (Å²) in [6, 6.07) is -0.273. The summed E-state index contributed by atoms with van der Waals surface area (Å²) in [6.45, 7) is 4.33. The van der Waals surface area contributed by atoms with Crippen molar-refractivity contribution in [3.63, 3.8) is 0 Å². The number of amides is 2. The maximum atomic E-state index is 11.9. The molecule has 0 radical (unpaired) electrons. The van der Waals surface area contributed by atoms with Gasteiger partial charge in [-0.15, -0.1) is 0 Å². The molecule has 108 valence electrons. The van der Waals surface area contributed by atoms with Crippen LogP contribution in [0.15, 0.2) is 0 Å². The van der Waals surface area contributed by atoms with Crippen LogP contribution in [0.2, 0.25) is 0 Å². The Bertz CT molecular complexity index is 406. The second kappa shape index (κ2) is 7.37. The van der Waals surface area contributed by atoms with Gasteiger partial charge in [0.25, 0.3) is 0 Å².